The molecule has 1 aliphatic carbocycles. The van der Waals surface area contributed by atoms with Gasteiger partial charge in [0.2, 0.25) is 0 Å². The molecule has 1 spiro atoms. The number of ether oxygens (including phenoxy) is 1. The van der Waals surface area contributed by atoms with E-state index in [1.54, 1.807) is 0 Å². The van der Waals surface area contributed by atoms with E-state index < -0.39 is 6.29 Å². The van der Waals surface area contributed by atoms with E-state index in [1.807, 2.05) is 18.2 Å². The Labute approximate surface area is 122 Å². The molecule has 1 aromatic carbocycles. The van der Waals surface area contributed by atoms with E-state index >= 15 is 0 Å². The standard InChI is InChI=1S/C12H12I2O2/c1-10(13)11(2,14)12(10)8-6-4-3-5-7(8)9(15)16-12/h3-6,9,15H,1-2H3. The van der Waals surface area contributed by atoms with Crippen molar-refractivity contribution in [2.45, 2.75) is 32.6 Å². The van der Waals surface area contributed by atoms with Crippen LogP contribution in [0.5, 0.6) is 0 Å². The minimum absolute atomic E-state index is 0.0197. The Morgan fingerprint density at radius 2 is 1.75 bits per heavy atom. The van der Waals surface area contributed by atoms with Crippen molar-refractivity contribution in [3.63, 3.8) is 0 Å². The lowest BCUT2D eigenvalue weighted by molar-refractivity contribution is -0.136. The number of aliphatic hydroxyl groups excluding tert-OH is 1. The zero-order valence-electron chi connectivity index (χ0n) is 9.00. The molecule has 1 aromatic rings. The molecule has 3 rings (SSSR count). The maximum Gasteiger partial charge on any atom is 0.182 e. The van der Waals surface area contributed by atoms with Gasteiger partial charge in [-0.1, -0.05) is 69.4 Å². The number of alkyl halides is 2. The van der Waals surface area contributed by atoms with Gasteiger partial charge < -0.3 is 9.84 Å². The molecule has 1 saturated carbocycles. The summed E-state index contributed by atoms with van der Waals surface area (Å²) in [5, 5.41) is 9.99. The van der Waals surface area contributed by atoms with Crippen LogP contribution >= 0.6 is 45.2 Å². The van der Waals surface area contributed by atoms with E-state index in [9.17, 15) is 5.11 Å². The summed E-state index contributed by atoms with van der Waals surface area (Å²) in [4.78, 5) is 0. The molecular formula is C12H12I2O2. The fourth-order valence-electron chi connectivity index (χ4n) is 2.83. The van der Waals surface area contributed by atoms with Crippen LogP contribution in [0.15, 0.2) is 24.3 Å². The first kappa shape index (κ1) is 11.7. The van der Waals surface area contributed by atoms with Crippen molar-refractivity contribution in [2.24, 2.45) is 0 Å². The number of hydrogen-bond acceptors (Lipinski definition) is 2. The van der Waals surface area contributed by atoms with Crippen LogP contribution in [0.2, 0.25) is 0 Å². The van der Waals surface area contributed by atoms with Crippen molar-refractivity contribution in [1.82, 2.24) is 0 Å². The number of fused-ring (bicyclic) bond motifs is 2. The van der Waals surface area contributed by atoms with E-state index in [0.29, 0.717) is 0 Å². The largest absolute Gasteiger partial charge is 0.364 e. The molecule has 16 heavy (non-hydrogen) atoms. The molecule has 0 saturated heterocycles. The van der Waals surface area contributed by atoms with Gasteiger partial charge in [0.05, 0.1) is 6.84 Å². The van der Waals surface area contributed by atoms with Crippen LogP contribution in [0.4, 0.5) is 0 Å². The van der Waals surface area contributed by atoms with Crippen molar-refractivity contribution in [1.29, 1.82) is 0 Å². The predicted octanol–water partition coefficient (Wildman–Crippen LogP) is 3.30. The molecular weight excluding hydrogens is 430 g/mol. The molecule has 2 aliphatic rings. The number of hydrogen-bond donors (Lipinski definition) is 1. The van der Waals surface area contributed by atoms with Crippen molar-refractivity contribution < 1.29 is 9.84 Å². The molecule has 0 amide bonds. The van der Waals surface area contributed by atoms with Crippen LogP contribution in [-0.4, -0.2) is 11.9 Å². The van der Waals surface area contributed by atoms with E-state index in [2.05, 4.69) is 65.1 Å². The van der Waals surface area contributed by atoms with Crippen molar-refractivity contribution in [3.05, 3.63) is 35.4 Å². The van der Waals surface area contributed by atoms with E-state index in [0.717, 1.165) is 11.1 Å². The Bertz CT molecular complexity index is 454. The summed E-state index contributed by atoms with van der Waals surface area (Å²) in [5.41, 5.74) is 1.74. The minimum Gasteiger partial charge on any atom is -0.364 e. The highest BCUT2D eigenvalue weighted by Gasteiger charge is 2.85. The van der Waals surface area contributed by atoms with Crippen LogP contribution < -0.4 is 0 Å². The Kier molecular flexibility index (Phi) is 2.28. The molecule has 0 bridgehead atoms. The molecule has 0 radical (unpaired) electrons. The third-order valence-electron chi connectivity index (χ3n) is 4.04. The maximum absolute atomic E-state index is 9.99. The predicted molar refractivity (Wildman–Crippen MR) is 79.0 cm³/mol. The van der Waals surface area contributed by atoms with Crippen LogP contribution in [0, 0.1) is 0 Å². The zero-order valence-corrected chi connectivity index (χ0v) is 13.3. The minimum atomic E-state index is -0.776. The average Bonchev–Trinajstić information content (AvgIpc) is 2.52. The highest BCUT2D eigenvalue weighted by atomic mass is 127. The molecule has 1 heterocycles. The van der Waals surface area contributed by atoms with Crippen LogP contribution in [0.25, 0.3) is 0 Å². The summed E-state index contributed by atoms with van der Waals surface area (Å²) in [7, 11) is 0. The Hall–Kier alpha value is 0.600. The number of halogens is 2. The lowest BCUT2D eigenvalue weighted by Crippen LogP contribution is -2.17. The first-order valence-corrected chi connectivity index (χ1v) is 7.35. The second kappa shape index (κ2) is 3.13. The first-order chi connectivity index (χ1) is 7.36. The molecule has 2 nitrogen and oxygen atoms in total. The molecule has 1 N–H and O–H groups in total. The normalized spacial score (nSPS) is 49.4. The van der Waals surface area contributed by atoms with Gasteiger partial charge in [0.1, 0.15) is 5.60 Å². The van der Waals surface area contributed by atoms with Gasteiger partial charge in [-0.05, 0) is 19.4 Å². The third-order valence-corrected chi connectivity index (χ3v) is 8.74. The summed E-state index contributed by atoms with van der Waals surface area (Å²) in [5.74, 6) is 0. The third kappa shape index (κ3) is 1.01. The van der Waals surface area contributed by atoms with Crippen LogP contribution in [0.3, 0.4) is 0 Å². The molecule has 1 aliphatic heterocycles. The van der Waals surface area contributed by atoms with E-state index in [-0.39, 0.29) is 12.4 Å². The molecule has 3 atom stereocenters. The number of rotatable bonds is 0. The fourth-order valence-corrected chi connectivity index (χ4v) is 5.75. The van der Waals surface area contributed by atoms with Crippen LogP contribution in [0.1, 0.15) is 31.3 Å². The summed E-state index contributed by atoms with van der Waals surface area (Å²) >= 11 is 4.90. The van der Waals surface area contributed by atoms with Gasteiger partial charge in [0.25, 0.3) is 0 Å². The topological polar surface area (TPSA) is 29.5 Å². The van der Waals surface area contributed by atoms with Crippen molar-refractivity contribution in [3.8, 4) is 0 Å². The lowest BCUT2D eigenvalue weighted by Gasteiger charge is -2.14. The Morgan fingerprint density at radius 3 is 2.31 bits per heavy atom. The van der Waals surface area contributed by atoms with Gasteiger partial charge in [-0.2, -0.15) is 0 Å². The summed E-state index contributed by atoms with van der Waals surface area (Å²) < 4.78 is 5.94. The number of benzene rings is 1. The van der Waals surface area contributed by atoms with Crippen molar-refractivity contribution >= 4 is 45.2 Å². The maximum atomic E-state index is 9.99. The van der Waals surface area contributed by atoms with E-state index in [4.69, 9.17) is 4.74 Å². The fraction of sp³-hybridized carbons (Fsp3) is 0.500. The van der Waals surface area contributed by atoms with Gasteiger partial charge in [0.15, 0.2) is 6.29 Å². The second-order valence-electron chi connectivity index (χ2n) is 4.74. The highest BCUT2D eigenvalue weighted by molar-refractivity contribution is 14.1. The van der Waals surface area contributed by atoms with E-state index in [1.165, 1.54) is 0 Å². The summed E-state index contributed by atoms with van der Waals surface area (Å²) in [6, 6.07) is 7.99. The van der Waals surface area contributed by atoms with Gasteiger partial charge in [-0.25, -0.2) is 0 Å². The average molecular weight is 442 g/mol. The molecule has 4 heteroatoms. The molecule has 86 valence electrons. The SMILES string of the molecule is CC1(I)C(C)(I)C12OC(O)c1ccccc12. The second-order valence-corrected chi connectivity index (χ2v) is 9.06. The highest BCUT2D eigenvalue weighted by Crippen LogP contribution is 2.79. The quantitative estimate of drug-likeness (QED) is 0.494. The number of aliphatic hydroxyl groups is 1. The summed E-state index contributed by atoms with van der Waals surface area (Å²) in [6.45, 7) is 4.38. The lowest BCUT2D eigenvalue weighted by atomic mass is 10.0. The molecule has 3 unspecified atom stereocenters. The van der Waals surface area contributed by atoms with Crippen LogP contribution in [-0.2, 0) is 10.3 Å². The van der Waals surface area contributed by atoms with Gasteiger partial charge >= 0.3 is 0 Å². The monoisotopic (exact) mass is 442 g/mol. The van der Waals surface area contributed by atoms with Gasteiger partial charge in [0, 0.05) is 5.56 Å². The Morgan fingerprint density at radius 1 is 1.19 bits per heavy atom. The smallest absolute Gasteiger partial charge is 0.182 e. The zero-order chi connectivity index (χ0) is 11.8. The van der Waals surface area contributed by atoms with Gasteiger partial charge in [-0.15, -0.1) is 0 Å². The summed E-state index contributed by atoms with van der Waals surface area (Å²) in [6.07, 6.45) is -0.776. The Balaban J connectivity index is 2.23. The van der Waals surface area contributed by atoms with Gasteiger partial charge in [-0.3, -0.25) is 0 Å². The molecule has 0 aromatic heterocycles. The first-order valence-electron chi connectivity index (χ1n) is 5.19. The molecule has 1 fully saturated rings. The van der Waals surface area contributed by atoms with Crippen molar-refractivity contribution in [2.75, 3.05) is 0 Å².